The number of hydrogen-bond acceptors (Lipinski definition) is 3. The number of anilines is 1. The van der Waals surface area contributed by atoms with Crippen LogP contribution in [0.1, 0.15) is 18.9 Å². The highest BCUT2D eigenvalue weighted by atomic mass is 35.5. The van der Waals surface area contributed by atoms with Crippen molar-refractivity contribution in [2.75, 3.05) is 5.73 Å². The molecule has 0 spiro atoms. The molecule has 1 aromatic heterocycles. The zero-order chi connectivity index (χ0) is 10.6. The molecule has 0 fully saturated rings. The Balaban J connectivity index is 2.75. The number of nitrogens with two attached hydrogens (primary N) is 2. The predicted octanol–water partition coefficient (Wildman–Crippen LogP) is 2.07. The van der Waals surface area contributed by atoms with Crippen molar-refractivity contribution in [3.63, 3.8) is 0 Å². The third kappa shape index (κ3) is 3.36. The molecule has 0 amide bonds. The first kappa shape index (κ1) is 11.0. The summed E-state index contributed by atoms with van der Waals surface area (Å²) in [7, 11) is 0. The molecule has 0 aliphatic carbocycles. The van der Waals surface area contributed by atoms with Gasteiger partial charge in [0.1, 0.15) is 5.82 Å². The van der Waals surface area contributed by atoms with Crippen LogP contribution >= 0.6 is 11.6 Å². The first-order valence-electron chi connectivity index (χ1n) is 4.42. The molecule has 0 unspecified atom stereocenters. The number of hydrogen-bond donors (Lipinski definition) is 2. The van der Waals surface area contributed by atoms with E-state index in [9.17, 15) is 0 Å². The van der Waals surface area contributed by atoms with Crippen LogP contribution in [0.3, 0.4) is 0 Å². The Morgan fingerprint density at radius 1 is 1.64 bits per heavy atom. The fourth-order valence-corrected chi connectivity index (χ4v) is 1.18. The average molecular weight is 212 g/mol. The van der Waals surface area contributed by atoms with E-state index >= 15 is 0 Å². The molecular formula is C10H14ClN3. The molecule has 0 aliphatic rings. The molecule has 1 heterocycles. The van der Waals surface area contributed by atoms with Gasteiger partial charge in [-0.05, 0) is 19.4 Å². The number of rotatable bonds is 3. The van der Waals surface area contributed by atoms with Gasteiger partial charge in [-0.2, -0.15) is 0 Å². The van der Waals surface area contributed by atoms with Gasteiger partial charge in [-0.15, -0.1) is 0 Å². The normalized spacial score (nSPS) is 13.4. The van der Waals surface area contributed by atoms with E-state index in [1.807, 2.05) is 19.1 Å². The quantitative estimate of drug-likeness (QED) is 0.805. The zero-order valence-electron chi connectivity index (χ0n) is 8.07. The summed E-state index contributed by atoms with van der Waals surface area (Å²) in [5, 5.41) is 0.583. The van der Waals surface area contributed by atoms with Crippen molar-refractivity contribution in [2.45, 2.75) is 19.4 Å². The van der Waals surface area contributed by atoms with E-state index in [4.69, 9.17) is 23.1 Å². The number of nitrogen functional groups attached to an aromatic ring is 1. The fourth-order valence-electron chi connectivity index (χ4n) is 1.01. The number of aromatic nitrogens is 1. The highest BCUT2D eigenvalue weighted by Gasteiger charge is 1.97. The summed E-state index contributed by atoms with van der Waals surface area (Å²) in [6.45, 7) is 1.95. The second-order valence-electron chi connectivity index (χ2n) is 3.24. The highest BCUT2D eigenvalue weighted by Crippen LogP contribution is 2.16. The van der Waals surface area contributed by atoms with Gasteiger partial charge in [0.2, 0.25) is 0 Å². The summed E-state index contributed by atoms with van der Waals surface area (Å²) in [6, 6.07) is 1.93. The van der Waals surface area contributed by atoms with Gasteiger partial charge in [-0.25, -0.2) is 4.98 Å². The van der Waals surface area contributed by atoms with Crippen molar-refractivity contribution < 1.29 is 0 Å². The van der Waals surface area contributed by atoms with Gasteiger partial charge in [0.25, 0.3) is 0 Å². The van der Waals surface area contributed by atoms with E-state index in [1.54, 1.807) is 6.07 Å². The van der Waals surface area contributed by atoms with Crippen LogP contribution in [-0.4, -0.2) is 11.0 Å². The van der Waals surface area contributed by atoms with E-state index in [-0.39, 0.29) is 6.04 Å². The van der Waals surface area contributed by atoms with Crippen LogP contribution < -0.4 is 11.5 Å². The number of halogens is 1. The van der Waals surface area contributed by atoms with Crippen LogP contribution in [0.4, 0.5) is 5.82 Å². The maximum absolute atomic E-state index is 5.78. The van der Waals surface area contributed by atoms with Crippen LogP contribution in [0.2, 0.25) is 5.02 Å². The van der Waals surface area contributed by atoms with Crippen LogP contribution in [0.25, 0.3) is 6.08 Å². The lowest BCUT2D eigenvalue weighted by molar-refractivity contribution is 0.759. The summed E-state index contributed by atoms with van der Waals surface area (Å²) in [4.78, 5) is 3.94. The molecule has 0 saturated heterocycles. The maximum atomic E-state index is 5.78. The van der Waals surface area contributed by atoms with E-state index in [2.05, 4.69) is 4.98 Å². The van der Waals surface area contributed by atoms with Gasteiger partial charge in [0.05, 0.1) is 5.02 Å². The monoisotopic (exact) mass is 211 g/mol. The maximum Gasteiger partial charge on any atom is 0.130 e. The lowest BCUT2D eigenvalue weighted by Crippen LogP contribution is -2.12. The van der Waals surface area contributed by atoms with Gasteiger partial charge in [-0.3, -0.25) is 0 Å². The molecule has 0 aromatic carbocycles. The molecule has 4 N–H and O–H groups in total. The minimum Gasteiger partial charge on any atom is -0.383 e. The topological polar surface area (TPSA) is 64.9 Å². The zero-order valence-corrected chi connectivity index (χ0v) is 8.83. The molecule has 1 rings (SSSR count). The Labute approximate surface area is 88.8 Å². The first-order chi connectivity index (χ1) is 6.59. The summed E-state index contributed by atoms with van der Waals surface area (Å²) in [6.07, 6.45) is 6.19. The number of nitrogens with zero attached hydrogens (tertiary/aromatic N) is 1. The molecule has 3 nitrogen and oxygen atoms in total. The van der Waals surface area contributed by atoms with Gasteiger partial charge >= 0.3 is 0 Å². The Morgan fingerprint density at radius 3 is 3.00 bits per heavy atom. The molecule has 4 heteroatoms. The van der Waals surface area contributed by atoms with Crippen LogP contribution in [0.5, 0.6) is 0 Å². The summed E-state index contributed by atoms with van der Waals surface area (Å²) < 4.78 is 0. The van der Waals surface area contributed by atoms with Crippen LogP contribution in [-0.2, 0) is 0 Å². The summed E-state index contributed by atoms with van der Waals surface area (Å²) in [5.41, 5.74) is 12.1. The molecule has 76 valence electrons. The summed E-state index contributed by atoms with van der Waals surface area (Å²) in [5.74, 6) is 0.482. The van der Waals surface area contributed by atoms with Gasteiger partial charge in [0.15, 0.2) is 0 Å². The molecule has 0 bridgehead atoms. The van der Waals surface area contributed by atoms with Crippen molar-refractivity contribution in [2.24, 2.45) is 5.73 Å². The standard InChI is InChI=1S/C10H14ClN3/c1-7(12)3-2-4-8-5-9(11)6-14-10(8)13/h2,4-7H,3,12H2,1H3,(H2,13,14)/b4-2+/t7-/m0/s1. The molecule has 0 aliphatic heterocycles. The van der Waals surface area contributed by atoms with Crippen molar-refractivity contribution in [1.29, 1.82) is 0 Å². The van der Waals surface area contributed by atoms with E-state index in [1.165, 1.54) is 6.20 Å². The van der Waals surface area contributed by atoms with Gasteiger partial charge in [-0.1, -0.05) is 23.8 Å². The van der Waals surface area contributed by atoms with Crippen LogP contribution in [0, 0.1) is 0 Å². The Bertz CT molecular complexity index is 334. The average Bonchev–Trinajstić information content (AvgIpc) is 2.10. The van der Waals surface area contributed by atoms with E-state index in [0.29, 0.717) is 10.8 Å². The molecule has 1 aromatic rings. The minimum atomic E-state index is 0.152. The lowest BCUT2D eigenvalue weighted by atomic mass is 10.2. The van der Waals surface area contributed by atoms with E-state index in [0.717, 1.165) is 12.0 Å². The molecule has 0 radical (unpaired) electrons. The molecule has 0 saturated carbocycles. The van der Waals surface area contributed by atoms with Gasteiger partial charge < -0.3 is 11.5 Å². The Kier molecular flexibility index (Phi) is 3.92. The lowest BCUT2D eigenvalue weighted by Gasteiger charge is -2.00. The largest absolute Gasteiger partial charge is 0.383 e. The third-order valence-electron chi connectivity index (χ3n) is 1.72. The Morgan fingerprint density at radius 2 is 2.36 bits per heavy atom. The molecule has 14 heavy (non-hydrogen) atoms. The molecule has 1 atom stereocenters. The van der Waals surface area contributed by atoms with Gasteiger partial charge in [0, 0.05) is 17.8 Å². The smallest absolute Gasteiger partial charge is 0.130 e. The second kappa shape index (κ2) is 4.98. The Hall–Kier alpha value is -1.06. The van der Waals surface area contributed by atoms with E-state index < -0.39 is 0 Å². The minimum absolute atomic E-state index is 0.152. The van der Waals surface area contributed by atoms with Crippen molar-refractivity contribution in [3.8, 4) is 0 Å². The molecular weight excluding hydrogens is 198 g/mol. The van der Waals surface area contributed by atoms with Crippen molar-refractivity contribution in [3.05, 3.63) is 28.9 Å². The van der Waals surface area contributed by atoms with Crippen molar-refractivity contribution >= 4 is 23.5 Å². The van der Waals surface area contributed by atoms with Crippen LogP contribution in [0.15, 0.2) is 18.3 Å². The third-order valence-corrected chi connectivity index (χ3v) is 1.93. The fraction of sp³-hybridized carbons (Fsp3) is 0.300. The predicted molar refractivity (Wildman–Crippen MR) is 61.0 cm³/mol. The van der Waals surface area contributed by atoms with Crippen molar-refractivity contribution in [1.82, 2.24) is 4.98 Å². The highest BCUT2D eigenvalue weighted by molar-refractivity contribution is 6.30. The summed E-state index contributed by atoms with van der Waals surface area (Å²) >= 11 is 5.78. The SMILES string of the molecule is C[C@H](N)C/C=C/c1cc(Cl)cnc1N. The first-order valence-corrected chi connectivity index (χ1v) is 4.80. The number of pyridine rings is 1. The second-order valence-corrected chi connectivity index (χ2v) is 3.68.